The molecule has 0 radical (unpaired) electrons. The molecule has 0 bridgehead atoms. The molecule has 1 aliphatic heterocycles. The second-order valence-electron chi connectivity index (χ2n) is 6.78. The van der Waals surface area contributed by atoms with Gasteiger partial charge < -0.3 is 15.3 Å². The fourth-order valence-electron chi connectivity index (χ4n) is 2.99. The van der Waals surface area contributed by atoms with Gasteiger partial charge in [0.15, 0.2) is 0 Å². The van der Waals surface area contributed by atoms with E-state index in [2.05, 4.69) is 45.0 Å². The molecule has 0 aliphatic carbocycles. The van der Waals surface area contributed by atoms with Gasteiger partial charge in [-0.05, 0) is 34.5 Å². The van der Waals surface area contributed by atoms with Crippen molar-refractivity contribution in [3.63, 3.8) is 0 Å². The van der Waals surface area contributed by atoms with Crippen LogP contribution in [-0.4, -0.2) is 66.9 Å². The third-order valence-electron chi connectivity index (χ3n) is 4.52. The summed E-state index contributed by atoms with van der Waals surface area (Å²) in [6, 6.07) is 2.84. The number of amides is 1. The molecule has 0 saturated carbocycles. The minimum absolute atomic E-state index is 0.323. The van der Waals surface area contributed by atoms with Crippen LogP contribution >= 0.6 is 15.9 Å². The molecule has 160 valence electrons. The maximum Gasteiger partial charge on any atom is 0.405 e. The molecule has 0 aromatic carbocycles. The van der Waals surface area contributed by atoms with Crippen molar-refractivity contribution in [2.24, 2.45) is 0 Å². The second kappa shape index (κ2) is 11.4. The quantitative estimate of drug-likeness (QED) is 0.432. The lowest BCUT2D eigenvalue weighted by Crippen LogP contribution is -2.51. The Labute approximate surface area is 180 Å². The minimum Gasteiger partial charge on any atom is -0.465 e. The van der Waals surface area contributed by atoms with E-state index in [0.29, 0.717) is 32.6 Å². The van der Waals surface area contributed by atoms with Gasteiger partial charge in [0.25, 0.3) is 0 Å². The van der Waals surface area contributed by atoms with Crippen LogP contribution in [0.1, 0.15) is 32.6 Å². The molecule has 1 saturated heterocycles. The van der Waals surface area contributed by atoms with Crippen LogP contribution in [0.15, 0.2) is 22.8 Å². The lowest BCUT2D eigenvalue weighted by molar-refractivity contribution is 0.193. The van der Waals surface area contributed by atoms with Gasteiger partial charge in [-0.1, -0.05) is 25.7 Å². The smallest absolute Gasteiger partial charge is 0.405 e. The molecule has 2 heterocycles. The molecule has 1 fully saturated rings. The van der Waals surface area contributed by atoms with Gasteiger partial charge in [-0.2, -0.15) is 4.31 Å². The van der Waals surface area contributed by atoms with Crippen molar-refractivity contribution in [2.75, 3.05) is 36.8 Å². The maximum atomic E-state index is 12.8. The van der Waals surface area contributed by atoms with Crippen LogP contribution in [0.3, 0.4) is 0 Å². The summed E-state index contributed by atoms with van der Waals surface area (Å²) < 4.78 is 27.9. The molecule has 1 atom stereocenters. The first kappa shape index (κ1) is 23.4. The number of hydrogen-bond acceptors (Lipinski definition) is 5. The summed E-state index contributed by atoms with van der Waals surface area (Å²) in [5.74, 6) is 6.11. The largest absolute Gasteiger partial charge is 0.465 e. The highest BCUT2D eigenvalue weighted by Gasteiger charge is 2.30. The molecule has 1 amide bonds. The number of aromatic nitrogens is 1. The first-order valence-corrected chi connectivity index (χ1v) is 12.0. The molecule has 10 heteroatoms. The van der Waals surface area contributed by atoms with E-state index >= 15 is 0 Å². The Morgan fingerprint density at radius 2 is 2.03 bits per heavy atom. The summed E-state index contributed by atoms with van der Waals surface area (Å²) in [6.07, 6.45) is 4.09. The number of carboxylic acid groups (broad SMARTS) is 1. The molecular weight excluding hydrogens is 460 g/mol. The van der Waals surface area contributed by atoms with Crippen LogP contribution in [0.4, 0.5) is 10.6 Å². The van der Waals surface area contributed by atoms with E-state index in [9.17, 15) is 13.2 Å². The highest BCUT2D eigenvalue weighted by Crippen LogP contribution is 2.18. The summed E-state index contributed by atoms with van der Waals surface area (Å²) >= 11 is 3.35. The van der Waals surface area contributed by atoms with Crippen LogP contribution < -0.4 is 10.2 Å². The second-order valence-corrected chi connectivity index (χ2v) is 9.71. The Morgan fingerprint density at radius 3 is 2.62 bits per heavy atom. The average molecular weight is 487 g/mol. The minimum atomic E-state index is -3.64. The predicted molar refractivity (Wildman–Crippen MR) is 116 cm³/mol. The van der Waals surface area contributed by atoms with E-state index in [0.717, 1.165) is 29.6 Å². The Kier molecular flexibility index (Phi) is 9.20. The van der Waals surface area contributed by atoms with E-state index in [-0.39, 0.29) is 5.75 Å². The van der Waals surface area contributed by atoms with Gasteiger partial charge in [-0.3, -0.25) is 0 Å². The fraction of sp³-hybridized carbons (Fsp3) is 0.579. The topological polar surface area (TPSA) is 103 Å². The number of nitrogens with one attached hydrogen (secondary N) is 1. The monoisotopic (exact) mass is 486 g/mol. The van der Waals surface area contributed by atoms with Crippen LogP contribution in [0, 0.1) is 11.8 Å². The molecule has 0 spiro atoms. The van der Waals surface area contributed by atoms with Crippen molar-refractivity contribution < 1.29 is 18.3 Å². The zero-order valence-electron chi connectivity index (χ0n) is 16.5. The number of nitrogens with zero attached hydrogens (tertiary/aromatic N) is 3. The number of rotatable bonds is 8. The maximum absolute atomic E-state index is 12.8. The molecule has 2 rings (SSSR count). The van der Waals surface area contributed by atoms with Gasteiger partial charge in [0.2, 0.25) is 10.0 Å². The summed E-state index contributed by atoms with van der Waals surface area (Å²) in [5, 5.41) is 11.2. The Balaban J connectivity index is 1.95. The normalized spacial score (nSPS) is 16.0. The number of hydrogen-bond donors (Lipinski definition) is 2. The zero-order chi connectivity index (χ0) is 21.3. The van der Waals surface area contributed by atoms with E-state index in [4.69, 9.17) is 5.11 Å². The molecular formula is C19H27BrN4O4S. The lowest BCUT2D eigenvalue weighted by atomic mass is 10.2. The highest BCUT2D eigenvalue weighted by atomic mass is 79.9. The Morgan fingerprint density at radius 1 is 1.31 bits per heavy atom. The Bertz CT molecular complexity index is 828. The first-order valence-electron chi connectivity index (χ1n) is 9.64. The molecule has 2 N–H and O–H groups in total. The summed E-state index contributed by atoms with van der Waals surface area (Å²) in [4.78, 5) is 17.4. The van der Waals surface area contributed by atoms with Gasteiger partial charge in [0, 0.05) is 43.3 Å². The summed E-state index contributed by atoms with van der Waals surface area (Å²) in [7, 11) is -3.64. The van der Waals surface area contributed by atoms with Crippen LogP contribution in [0.25, 0.3) is 0 Å². The van der Waals surface area contributed by atoms with Crippen LogP contribution in [-0.2, 0) is 10.0 Å². The third kappa shape index (κ3) is 7.84. The number of pyridine rings is 1. The standard InChI is InChI=1S/C19H27BrN4O4S/c1-2-3-4-5-6-7-17(22-19(25)26)15-29(27,28)24-12-10-23(11-13-24)18-9-8-16(20)14-21-18/h8-9,14,17,22H,2-5,10-13,15H2,1H3,(H,25,26). The molecule has 29 heavy (non-hydrogen) atoms. The first-order chi connectivity index (χ1) is 13.8. The molecule has 1 unspecified atom stereocenters. The van der Waals surface area contributed by atoms with E-state index in [1.54, 1.807) is 6.20 Å². The fourth-order valence-corrected chi connectivity index (χ4v) is 4.75. The van der Waals surface area contributed by atoms with Gasteiger partial charge in [0.1, 0.15) is 11.9 Å². The van der Waals surface area contributed by atoms with Crippen LogP contribution in [0.5, 0.6) is 0 Å². The molecule has 8 nitrogen and oxygen atoms in total. The lowest BCUT2D eigenvalue weighted by Gasteiger charge is -2.35. The van der Waals surface area contributed by atoms with Gasteiger partial charge in [0.05, 0.1) is 5.75 Å². The number of sulfonamides is 1. The van der Waals surface area contributed by atoms with Gasteiger partial charge in [-0.15, -0.1) is 5.92 Å². The van der Waals surface area contributed by atoms with E-state index in [1.807, 2.05) is 17.0 Å². The average Bonchev–Trinajstić information content (AvgIpc) is 2.68. The highest BCUT2D eigenvalue weighted by molar-refractivity contribution is 9.10. The van der Waals surface area contributed by atoms with E-state index < -0.39 is 22.2 Å². The SMILES string of the molecule is CCCCCC#CC(CS(=O)(=O)N1CCN(c2ccc(Br)cn2)CC1)NC(=O)O. The van der Waals surface area contributed by atoms with Crippen molar-refractivity contribution >= 4 is 37.9 Å². The number of halogens is 1. The van der Waals surface area contributed by atoms with Crippen molar-refractivity contribution in [3.8, 4) is 11.8 Å². The number of anilines is 1. The summed E-state index contributed by atoms with van der Waals surface area (Å²) in [5.41, 5.74) is 0. The van der Waals surface area contributed by atoms with E-state index in [1.165, 1.54) is 4.31 Å². The summed E-state index contributed by atoms with van der Waals surface area (Å²) in [6.45, 7) is 3.77. The molecule has 1 aromatic rings. The number of piperazine rings is 1. The third-order valence-corrected chi connectivity index (χ3v) is 6.90. The van der Waals surface area contributed by atoms with Crippen molar-refractivity contribution in [1.29, 1.82) is 0 Å². The van der Waals surface area contributed by atoms with Crippen molar-refractivity contribution in [1.82, 2.24) is 14.6 Å². The predicted octanol–water partition coefficient (Wildman–Crippen LogP) is 2.52. The number of carbonyl (C=O) groups is 1. The van der Waals surface area contributed by atoms with Gasteiger partial charge in [-0.25, -0.2) is 18.2 Å². The Hall–Kier alpha value is -1.83. The number of unbranched alkanes of at least 4 members (excludes halogenated alkanes) is 3. The van der Waals surface area contributed by atoms with Crippen LogP contribution in [0.2, 0.25) is 0 Å². The van der Waals surface area contributed by atoms with Crippen molar-refractivity contribution in [2.45, 2.75) is 38.6 Å². The van der Waals surface area contributed by atoms with Gasteiger partial charge >= 0.3 is 6.09 Å². The molecule has 1 aromatic heterocycles. The van der Waals surface area contributed by atoms with Crippen molar-refractivity contribution in [3.05, 3.63) is 22.8 Å². The zero-order valence-corrected chi connectivity index (χ0v) is 18.9. The molecule has 1 aliphatic rings.